The summed E-state index contributed by atoms with van der Waals surface area (Å²) < 4.78 is 13.6. The van der Waals surface area contributed by atoms with E-state index in [2.05, 4.69) is 211 Å². The fourth-order valence-electron chi connectivity index (χ4n) is 9.60. The van der Waals surface area contributed by atoms with Gasteiger partial charge < -0.3 is 14.1 Å². The van der Waals surface area contributed by atoms with Crippen molar-refractivity contribution in [2.45, 2.75) is 5.41 Å². The number of para-hydroxylation sites is 2. The third kappa shape index (κ3) is 5.23. The molecule has 282 valence electrons. The molecule has 3 heteroatoms. The fourth-order valence-corrected chi connectivity index (χ4v) is 9.60. The SMILES string of the molecule is c1ccc(-c2ccc(-c3ccc(N(c4cccc(-c5ccccc5)c4)c4ccc5c(c4)-c4ccccc4C54c5ccccc5Oc5c4oc4ccccc54)cc3)cc2)cc1. The van der Waals surface area contributed by atoms with Gasteiger partial charge in [0, 0.05) is 22.6 Å². The van der Waals surface area contributed by atoms with Crippen molar-refractivity contribution in [2.24, 2.45) is 0 Å². The van der Waals surface area contributed by atoms with E-state index in [1.54, 1.807) is 0 Å². The zero-order valence-electron chi connectivity index (χ0n) is 32.6. The number of nitrogens with zero attached hydrogens (tertiary/aromatic N) is 1. The smallest absolute Gasteiger partial charge is 0.178 e. The minimum atomic E-state index is -0.705. The average Bonchev–Trinajstić information content (AvgIpc) is 3.84. The first-order valence-corrected chi connectivity index (χ1v) is 20.5. The van der Waals surface area contributed by atoms with Crippen LogP contribution in [0.1, 0.15) is 22.5 Å². The summed E-state index contributed by atoms with van der Waals surface area (Å²) in [6, 6.07) is 80.2. The second-order valence-corrected chi connectivity index (χ2v) is 15.6. The molecule has 60 heavy (non-hydrogen) atoms. The highest BCUT2D eigenvalue weighted by molar-refractivity contribution is 5.95. The van der Waals surface area contributed by atoms with E-state index in [-0.39, 0.29) is 0 Å². The molecule has 0 bridgehead atoms. The highest BCUT2D eigenvalue weighted by Crippen LogP contribution is 2.64. The quantitative estimate of drug-likeness (QED) is 0.168. The van der Waals surface area contributed by atoms with Crippen molar-refractivity contribution in [1.82, 2.24) is 0 Å². The number of hydrogen-bond acceptors (Lipinski definition) is 3. The number of ether oxygens (including phenoxy) is 1. The van der Waals surface area contributed by atoms with Crippen LogP contribution in [-0.4, -0.2) is 0 Å². The molecular formula is C57H37NO2. The molecule has 0 fully saturated rings. The Bertz CT molecular complexity index is 3220. The molecule has 1 aromatic heterocycles. The van der Waals surface area contributed by atoms with E-state index in [9.17, 15) is 0 Å². The van der Waals surface area contributed by atoms with E-state index in [4.69, 9.17) is 9.15 Å². The van der Waals surface area contributed by atoms with Crippen molar-refractivity contribution in [3.63, 3.8) is 0 Å². The zero-order chi connectivity index (χ0) is 39.6. The molecule has 10 aromatic rings. The summed E-state index contributed by atoms with van der Waals surface area (Å²) in [6.07, 6.45) is 0. The fraction of sp³-hybridized carbons (Fsp3) is 0.0175. The van der Waals surface area contributed by atoms with Crippen molar-refractivity contribution in [3.8, 4) is 56.0 Å². The first-order valence-electron chi connectivity index (χ1n) is 20.5. The van der Waals surface area contributed by atoms with Crippen molar-refractivity contribution >= 4 is 28.0 Å². The molecule has 0 saturated heterocycles. The summed E-state index contributed by atoms with van der Waals surface area (Å²) >= 11 is 0. The van der Waals surface area contributed by atoms with Gasteiger partial charge in [0.15, 0.2) is 11.5 Å². The monoisotopic (exact) mass is 767 g/mol. The molecule has 1 unspecified atom stereocenters. The van der Waals surface area contributed by atoms with Crippen LogP contribution in [0.15, 0.2) is 229 Å². The van der Waals surface area contributed by atoms with Gasteiger partial charge in [-0.3, -0.25) is 0 Å². The Kier molecular flexibility index (Phi) is 7.76. The molecule has 12 rings (SSSR count). The van der Waals surface area contributed by atoms with Gasteiger partial charge in [-0.1, -0.05) is 170 Å². The van der Waals surface area contributed by atoms with Crippen LogP contribution >= 0.6 is 0 Å². The van der Waals surface area contributed by atoms with Crippen LogP contribution in [0.25, 0.3) is 55.5 Å². The molecule has 9 aromatic carbocycles. The van der Waals surface area contributed by atoms with E-state index in [0.29, 0.717) is 0 Å². The Labute approximate surface area is 349 Å². The van der Waals surface area contributed by atoms with Crippen molar-refractivity contribution in [2.75, 3.05) is 4.90 Å². The topological polar surface area (TPSA) is 25.6 Å². The van der Waals surface area contributed by atoms with Crippen molar-refractivity contribution < 1.29 is 9.15 Å². The molecular weight excluding hydrogens is 731 g/mol. The highest BCUT2D eigenvalue weighted by atomic mass is 16.5. The maximum atomic E-state index is 6.91. The molecule has 0 saturated carbocycles. The lowest BCUT2D eigenvalue weighted by molar-refractivity contribution is 0.389. The van der Waals surface area contributed by atoms with Crippen LogP contribution in [0.3, 0.4) is 0 Å². The Balaban J connectivity index is 1.03. The molecule has 0 radical (unpaired) electrons. The molecule has 1 aliphatic carbocycles. The van der Waals surface area contributed by atoms with E-state index in [0.717, 1.165) is 56.4 Å². The van der Waals surface area contributed by atoms with Crippen LogP contribution in [0.2, 0.25) is 0 Å². The number of fused-ring (bicyclic) bond motifs is 11. The Morgan fingerprint density at radius 2 is 0.883 bits per heavy atom. The first kappa shape index (κ1) is 34.2. The van der Waals surface area contributed by atoms with Gasteiger partial charge in [0.2, 0.25) is 0 Å². The van der Waals surface area contributed by atoms with Crippen LogP contribution in [0.5, 0.6) is 11.5 Å². The average molecular weight is 768 g/mol. The lowest BCUT2D eigenvalue weighted by atomic mass is 9.69. The summed E-state index contributed by atoms with van der Waals surface area (Å²) in [7, 11) is 0. The van der Waals surface area contributed by atoms with Gasteiger partial charge in [-0.25, -0.2) is 0 Å². The molecule has 2 heterocycles. The normalized spacial score (nSPS) is 14.5. The largest absolute Gasteiger partial charge is 0.455 e. The molecule has 1 aliphatic heterocycles. The molecule has 0 amide bonds. The minimum Gasteiger partial charge on any atom is -0.455 e. The number of furan rings is 1. The van der Waals surface area contributed by atoms with Gasteiger partial charge in [-0.2, -0.15) is 0 Å². The third-order valence-corrected chi connectivity index (χ3v) is 12.3. The van der Waals surface area contributed by atoms with E-state index >= 15 is 0 Å². The standard InChI is InChI=1S/C57H37NO2/c1-3-14-38(15-4-1)40-26-28-41(29-27-40)42-30-32-44(33-31-42)58(45-19-13-18-43(36-45)39-16-5-2-6-17-39)46-34-35-51-49(37-46)47-20-7-9-22-50(47)57(51)52-23-10-12-25-54(52)59-55-48-21-8-11-24-53(48)60-56(55)57/h1-37H. The third-order valence-electron chi connectivity index (χ3n) is 12.3. The highest BCUT2D eigenvalue weighted by Gasteiger charge is 2.54. The molecule has 1 spiro atoms. The van der Waals surface area contributed by atoms with E-state index < -0.39 is 5.41 Å². The zero-order valence-corrected chi connectivity index (χ0v) is 32.6. The van der Waals surface area contributed by atoms with Crippen molar-refractivity contribution in [3.05, 3.63) is 247 Å². The van der Waals surface area contributed by atoms with Crippen LogP contribution in [-0.2, 0) is 5.41 Å². The van der Waals surface area contributed by atoms with Crippen molar-refractivity contribution in [1.29, 1.82) is 0 Å². The Morgan fingerprint density at radius 1 is 0.350 bits per heavy atom. The maximum absolute atomic E-state index is 6.91. The van der Waals surface area contributed by atoms with Crippen LogP contribution in [0.4, 0.5) is 17.1 Å². The Morgan fingerprint density at radius 3 is 1.63 bits per heavy atom. The van der Waals surface area contributed by atoms with Gasteiger partial charge in [0.05, 0.1) is 5.39 Å². The summed E-state index contributed by atoms with van der Waals surface area (Å²) in [5, 5.41) is 0.976. The van der Waals surface area contributed by atoms with Gasteiger partial charge in [-0.15, -0.1) is 0 Å². The van der Waals surface area contributed by atoms with Gasteiger partial charge >= 0.3 is 0 Å². The molecule has 0 N–H and O–H groups in total. The number of hydrogen-bond donors (Lipinski definition) is 0. The Hall–Kier alpha value is -7.88. The summed E-state index contributed by atoms with van der Waals surface area (Å²) in [5.74, 6) is 2.45. The lowest BCUT2D eigenvalue weighted by Crippen LogP contribution is -2.31. The van der Waals surface area contributed by atoms with E-state index in [1.165, 1.54) is 50.1 Å². The summed E-state index contributed by atoms with van der Waals surface area (Å²) in [6.45, 7) is 0. The summed E-state index contributed by atoms with van der Waals surface area (Å²) in [5.41, 5.74) is 16.2. The molecule has 3 nitrogen and oxygen atoms in total. The van der Waals surface area contributed by atoms with Crippen LogP contribution < -0.4 is 9.64 Å². The second-order valence-electron chi connectivity index (χ2n) is 15.6. The predicted octanol–water partition coefficient (Wildman–Crippen LogP) is 15.4. The summed E-state index contributed by atoms with van der Waals surface area (Å²) in [4.78, 5) is 2.38. The van der Waals surface area contributed by atoms with Gasteiger partial charge in [0.1, 0.15) is 16.7 Å². The molecule has 1 atom stereocenters. The molecule has 2 aliphatic rings. The number of anilines is 3. The maximum Gasteiger partial charge on any atom is 0.178 e. The van der Waals surface area contributed by atoms with E-state index in [1.807, 2.05) is 18.2 Å². The van der Waals surface area contributed by atoms with Crippen LogP contribution in [0, 0.1) is 0 Å². The lowest BCUT2D eigenvalue weighted by Gasteiger charge is -2.36. The number of rotatable bonds is 6. The number of benzene rings is 9. The first-order chi connectivity index (χ1) is 29.7. The minimum absolute atomic E-state index is 0.705. The second kappa shape index (κ2) is 13.6. The van der Waals surface area contributed by atoms with Gasteiger partial charge in [0.25, 0.3) is 0 Å². The predicted molar refractivity (Wildman–Crippen MR) is 245 cm³/mol. The van der Waals surface area contributed by atoms with Gasteiger partial charge in [-0.05, 0) is 110 Å².